The first-order chi connectivity index (χ1) is 12.6. The van der Waals surface area contributed by atoms with Crippen LogP contribution in [0.2, 0.25) is 5.02 Å². The molecular formula is C19H22ClN5O. The summed E-state index contributed by atoms with van der Waals surface area (Å²) in [5.74, 6) is 1.92. The third kappa shape index (κ3) is 3.33. The SMILES string of the molecule is CCNC(=O)N1CC2CN(c3cnc(-c4ccc(Cl)cc4)cn3)CC2C1. The molecule has 1 N–H and O–H groups in total. The lowest BCUT2D eigenvalue weighted by molar-refractivity contribution is 0.206. The maximum absolute atomic E-state index is 12.0. The standard InChI is InChI=1S/C19H22ClN5O/c1-2-21-19(26)25-11-14-9-24(10-15(14)12-25)18-8-22-17(7-23-18)13-3-5-16(20)6-4-13/h3-8,14-15H,2,9-12H2,1H3,(H,21,26). The average molecular weight is 372 g/mol. The second kappa shape index (κ2) is 7.11. The molecule has 26 heavy (non-hydrogen) atoms. The number of nitrogens with zero attached hydrogens (tertiary/aromatic N) is 4. The molecule has 2 atom stereocenters. The first-order valence-corrected chi connectivity index (χ1v) is 9.37. The highest BCUT2D eigenvalue weighted by atomic mass is 35.5. The van der Waals surface area contributed by atoms with Gasteiger partial charge < -0.3 is 15.1 Å². The predicted molar refractivity (Wildman–Crippen MR) is 102 cm³/mol. The maximum Gasteiger partial charge on any atom is 0.317 e. The smallest absolute Gasteiger partial charge is 0.317 e. The van der Waals surface area contributed by atoms with Gasteiger partial charge in [-0.05, 0) is 19.1 Å². The van der Waals surface area contributed by atoms with E-state index in [-0.39, 0.29) is 6.03 Å². The van der Waals surface area contributed by atoms with Crippen molar-refractivity contribution in [2.45, 2.75) is 6.92 Å². The predicted octanol–water partition coefficient (Wildman–Crippen LogP) is 2.89. The number of carbonyl (C=O) groups is 1. The fraction of sp³-hybridized carbons (Fsp3) is 0.421. The maximum atomic E-state index is 12.0. The highest BCUT2D eigenvalue weighted by Gasteiger charge is 2.41. The van der Waals surface area contributed by atoms with Crippen molar-refractivity contribution >= 4 is 23.4 Å². The van der Waals surface area contributed by atoms with Crippen LogP contribution in [-0.4, -0.2) is 53.6 Å². The number of urea groups is 1. The van der Waals surface area contributed by atoms with E-state index in [1.165, 1.54) is 0 Å². The quantitative estimate of drug-likeness (QED) is 0.901. The van der Waals surface area contributed by atoms with Crippen LogP contribution in [0.5, 0.6) is 0 Å². The van der Waals surface area contributed by atoms with Crippen molar-refractivity contribution in [3.8, 4) is 11.3 Å². The Morgan fingerprint density at radius 1 is 1.12 bits per heavy atom. The Labute approximate surface area is 158 Å². The molecule has 1 aromatic heterocycles. The molecule has 3 heterocycles. The highest BCUT2D eigenvalue weighted by Crippen LogP contribution is 2.33. The number of carbonyl (C=O) groups excluding carboxylic acids is 1. The molecule has 1 aromatic carbocycles. The minimum Gasteiger partial charge on any atom is -0.355 e. The van der Waals surface area contributed by atoms with Gasteiger partial charge in [-0.1, -0.05) is 23.7 Å². The van der Waals surface area contributed by atoms with Crippen molar-refractivity contribution in [3.63, 3.8) is 0 Å². The molecule has 136 valence electrons. The molecule has 2 aliphatic rings. The molecular weight excluding hydrogens is 350 g/mol. The average Bonchev–Trinajstić information content (AvgIpc) is 3.22. The molecule has 2 saturated heterocycles. The van der Waals surface area contributed by atoms with Crippen molar-refractivity contribution in [3.05, 3.63) is 41.7 Å². The molecule has 2 unspecified atom stereocenters. The first-order valence-electron chi connectivity index (χ1n) is 8.99. The summed E-state index contributed by atoms with van der Waals surface area (Å²) in [5, 5.41) is 3.60. The van der Waals surface area contributed by atoms with E-state index in [1.54, 1.807) is 0 Å². The van der Waals surface area contributed by atoms with Crippen LogP contribution in [0.25, 0.3) is 11.3 Å². The van der Waals surface area contributed by atoms with Crippen LogP contribution >= 0.6 is 11.6 Å². The van der Waals surface area contributed by atoms with Gasteiger partial charge in [0.1, 0.15) is 5.82 Å². The number of anilines is 1. The van der Waals surface area contributed by atoms with E-state index in [0.717, 1.165) is 43.3 Å². The van der Waals surface area contributed by atoms with Gasteiger partial charge in [0.2, 0.25) is 0 Å². The summed E-state index contributed by atoms with van der Waals surface area (Å²) in [7, 11) is 0. The van der Waals surface area contributed by atoms with E-state index in [0.29, 0.717) is 23.4 Å². The summed E-state index contributed by atoms with van der Waals surface area (Å²) < 4.78 is 0. The van der Waals surface area contributed by atoms with E-state index >= 15 is 0 Å². The van der Waals surface area contributed by atoms with Crippen LogP contribution in [0.15, 0.2) is 36.7 Å². The zero-order chi connectivity index (χ0) is 18.1. The molecule has 6 nitrogen and oxygen atoms in total. The topological polar surface area (TPSA) is 61.4 Å². The van der Waals surface area contributed by atoms with Gasteiger partial charge in [-0.25, -0.2) is 9.78 Å². The lowest BCUT2D eigenvalue weighted by Gasteiger charge is -2.22. The fourth-order valence-corrected chi connectivity index (χ4v) is 3.99. The van der Waals surface area contributed by atoms with Crippen molar-refractivity contribution in [2.24, 2.45) is 11.8 Å². The summed E-state index contributed by atoms with van der Waals surface area (Å²) in [6.07, 6.45) is 3.65. The van der Waals surface area contributed by atoms with Gasteiger partial charge in [-0.2, -0.15) is 0 Å². The Hall–Kier alpha value is -2.34. The third-order valence-electron chi connectivity index (χ3n) is 5.20. The fourth-order valence-electron chi connectivity index (χ4n) is 3.86. The third-order valence-corrected chi connectivity index (χ3v) is 5.46. The van der Waals surface area contributed by atoms with E-state index in [2.05, 4.69) is 20.2 Å². The van der Waals surface area contributed by atoms with Crippen LogP contribution < -0.4 is 10.2 Å². The number of hydrogen-bond acceptors (Lipinski definition) is 4. The number of rotatable bonds is 3. The molecule has 0 saturated carbocycles. The number of hydrogen-bond donors (Lipinski definition) is 1. The van der Waals surface area contributed by atoms with Gasteiger partial charge in [-0.3, -0.25) is 4.98 Å². The molecule has 2 aromatic rings. The molecule has 2 amide bonds. The molecule has 2 fully saturated rings. The second-order valence-corrected chi connectivity index (χ2v) is 7.37. The zero-order valence-corrected chi connectivity index (χ0v) is 15.5. The molecule has 2 aliphatic heterocycles. The van der Waals surface area contributed by atoms with E-state index in [4.69, 9.17) is 11.6 Å². The molecule has 0 radical (unpaired) electrons. The van der Waals surface area contributed by atoms with Crippen molar-refractivity contribution in [1.29, 1.82) is 0 Å². The van der Waals surface area contributed by atoms with Gasteiger partial charge in [0, 0.05) is 55.1 Å². The number of nitrogens with one attached hydrogen (secondary N) is 1. The molecule has 4 rings (SSSR count). The number of halogens is 1. The minimum atomic E-state index is 0.0561. The summed E-state index contributed by atoms with van der Waals surface area (Å²) in [5.41, 5.74) is 1.84. The van der Waals surface area contributed by atoms with Crippen molar-refractivity contribution in [1.82, 2.24) is 20.2 Å². The van der Waals surface area contributed by atoms with Crippen LogP contribution in [-0.2, 0) is 0 Å². The van der Waals surface area contributed by atoms with Gasteiger partial charge in [-0.15, -0.1) is 0 Å². The van der Waals surface area contributed by atoms with Crippen LogP contribution in [0.4, 0.5) is 10.6 Å². The molecule has 0 bridgehead atoms. The second-order valence-electron chi connectivity index (χ2n) is 6.93. The summed E-state index contributed by atoms with van der Waals surface area (Å²) in [4.78, 5) is 25.4. The first kappa shape index (κ1) is 17.1. The van der Waals surface area contributed by atoms with Gasteiger partial charge >= 0.3 is 6.03 Å². The molecule has 0 aliphatic carbocycles. The highest BCUT2D eigenvalue weighted by molar-refractivity contribution is 6.30. The molecule has 0 spiro atoms. The lowest BCUT2D eigenvalue weighted by atomic mass is 10.0. The zero-order valence-electron chi connectivity index (χ0n) is 14.7. The van der Waals surface area contributed by atoms with Crippen LogP contribution in [0.1, 0.15) is 6.92 Å². The Morgan fingerprint density at radius 3 is 2.38 bits per heavy atom. The number of fused-ring (bicyclic) bond motifs is 1. The van der Waals surface area contributed by atoms with Crippen molar-refractivity contribution < 1.29 is 4.79 Å². The number of amides is 2. The lowest BCUT2D eigenvalue weighted by Crippen LogP contribution is -2.40. The van der Waals surface area contributed by atoms with E-state index in [1.807, 2.05) is 48.5 Å². The van der Waals surface area contributed by atoms with Crippen LogP contribution in [0.3, 0.4) is 0 Å². The van der Waals surface area contributed by atoms with Gasteiger partial charge in [0.15, 0.2) is 0 Å². The van der Waals surface area contributed by atoms with Gasteiger partial charge in [0.05, 0.1) is 18.1 Å². The normalized spacial score (nSPS) is 21.8. The summed E-state index contributed by atoms with van der Waals surface area (Å²) in [6.45, 7) is 6.12. The minimum absolute atomic E-state index is 0.0561. The Balaban J connectivity index is 1.40. The Morgan fingerprint density at radius 2 is 1.81 bits per heavy atom. The summed E-state index contributed by atoms with van der Waals surface area (Å²) >= 11 is 5.93. The number of benzene rings is 1. The van der Waals surface area contributed by atoms with E-state index in [9.17, 15) is 4.79 Å². The molecule has 7 heteroatoms. The number of likely N-dealkylation sites (tertiary alicyclic amines) is 1. The van der Waals surface area contributed by atoms with Gasteiger partial charge in [0.25, 0.3) is 0 Å². The Kier molecular flexibility index (Phi) is 4.68. The largest absolute Gasteiger partial charge is 0.355 e. The van der Waals surface area contributed by atoms with Crippen molar-refractivity contribution in [2.75, 3.05) is 37.6 Å². The monoisotopic (exact) mass is 371 g/mol. The van der Waals surface area contributed by atoms with Crippen LogP contribution in [0, 0.1) is 11.8 Å². The Bertz CT molecular complexity index is 766. The van der Waals surface area contributed by atoms with E-state index < -0.39 is 0 Å². The summed E-state index contributed by atoms with van der Waals surface area (Å²) in [6, 6.07) is 7.66. The number of aromatic nitrogens is 2.